The molecule has 1 saturated carbocycles. The summed E-state index contributed by atoms with van der Waals surface area (Å²) in [6.45, 7) is 5.56. The van der Waals surface area contributed by atoms with Crippen molar-refractivity contribution in [3.63, 3.8) is 0 Å². The van der Waals surface area contributed by atoms with Gasteiger partial charge >= 0.3 is 0 Å². The topological polar surface area (TPSA) is 52.7 Å². The van der Waals surface area contributed by atoms with Crippen molar-refractivity contribution in [1.29, 1.82) is 0 Å². The van der Waals surface area contributed by atoms with E-state index in [0.29, 0.717) is 18.4 Å². The second kappa shape index (κ2) is 8.91. The summed E-state index contributed by atoms with van der Waals surface area (Å²) in [6.07, 6.45) is 8.11. The van der Waals surface area contributed by atoms with Crippen LogP contribution in [0.25, 0.3) is 6.08 Å². The molecule has 0 radical (unpaired) electrons. The zero-order chi connectivity index (χ0) is 19.3. The van der Waals surface area contributed by atoms with Gasteiger partial charge in [0.15, 0.2) is 0 Å². The van der Waals surface area contributed by atoms with Crippen molar-refractivity contribution in [3.8, 4) is 0 Å². The van der Waals surface area contributed by atoms with Crippen molar-refractivity contribution >= 4 is 17.9 Å². The number of likely N-dealkylation sites (tertiary alicyclic amines) is 2. The molecule has 5 heteroatoms. The lowest BCUT2D eigenvalue weighted by atomic mass is 9.61. The predicted octanol–water partition coefficient (Wildman–Crippen LogP) is 2.40. The molecule has 3 atom stereocenters. The molecule has 0 aromatic heterocycles. The number of hydrogen-bond donors (Lipinski definition) is 1. The van der Waals surface area contributed by atoms with E-state index >= 15 is 0 Å². The second-order valence-electron chi connectivity index (χ2n) is 8.42. The Balaban J connectivity index is 1.25. The first kappa shape index (κ1) is 19.2. The summed E-state index contributed by atoms with van der Waals surface area (Å²) in [5, 5.41) is 3.14. The fourth-order valence-electron chi connectivity index (χ4n) is 4.90. The maximum Gasteiger partial charge on any atom is 0.246 e. The Bertz CT molecular complexity index is 712. The Labute approximate surface area is 167 Å². The lowest BCUT2D eigenvalue weighted by molar-refractivity contribution is -0.142. The summed E-state index contributed by atoms with van der Waals surface area (Å²) in [5.41, 5.74) is 1.03. The fraction of sp³-hybridized carbons (Fsp3) is 0.565. The van der Waals surface area contributed by atoms with Crippen molar-refractivity contribution in [2.24, 2.45) is 17.8 Å². The zero-order valence-electron chi connectivity index (χ0n) is 16.6. The molecule has 2 aliphatic heterocycles. The third kappa shape index (κ3) is 4.46. The summed E-state index contributed by atoms with van der Waals surface area (Å²) < 4.78 is 0. The van der Waals surface area contributed by atoms with E-state index < -0.39 is 0 Å². The van der Waals surface area contributed by atoms with Gasteiger partial charge < -0.3 is 15.1 Å². The first-order valence-corrected chi connectivity index (χ1v) is 10.7. The molecule has 1 N–H and O–H groups in total. The normalized spacial score (nSPS) is 27.4. The molecule has 2 saturated heterocycles. The quantitative estimate of drug-likeness (QED) is 0.770. The smallest absolute Gasteiger partial charge is 0.246 e. The third-order valence-electron chi connectivity index (χ3n) is 6.67. The highest BCUT2D eigenvalue weighted by Gasteiger charge is 2.48. The predicted molar refractivity (Wildman–Crippen MR) is 110 cm³/mol. The Morgan fingerprint density at radius 2 is 1.89 bits per heavy atom. The van der Waals surface area contributed by atoms with Crippen molar-refractivity contribution < 1.29 is 9.59 Å². The van der Waals surface area contributed by atoms with E-state index in [2.05, 4.69) is 10.2 Å². The van der Waals surface area contributed by atoms with E-state index in [4.69, 9.17) is 0 Å². The summed E-state index contributed by atoms with van der Waals surface area (Å²) in [4.78, 5) is 29.5. The molecule has 2 heterocycles. The van der Waals surface area contributed by atoms with Crippen molar-refractivity contribution in [1.82, 2.24) is 15.1 Å². The van der Waals surface area contributed by atoms with Gasteiger partial charge in [0.1, 0.15) is 0 Å². The highest BCUT2D eigenvalue weighted by atomic mass is 16.2. The molecule has 0 spiro atoms. The minimum Gasteiger partial charge on any atom is -0.355 e. The molecular weight excluding hydrogens is 350 g/mol. The van der Waals surface area contributed by atoms with Crippen LogP contribution in [0.1, 0.15) is 31.2 Å². The van der Waals surface area contributed by atoms with E-state index in [1.54, 1.807) is 6.08 Å². The van der Waals surface area contributed by atoms with Crippen LogP contribution in [-0.2, 0) is 9.59 Å². The van der Waals surface area contributed by atoms with Crippen LogP contribution in [0.4, 0.5) is 0 Å². The minimum absolute atomic E-state index is 0.0578. The summed E-state index contributed by atoms with van der Waals surface area (Å²) in [5.74, 6) is 1.26. The number of rotatable bonds is 6. The molecule has 1 aromatic carbocycles. The molecule has 4 rings (SSSR count). The Hall–Kier alpha value is -2.14. The monoisotopic (exact) mass is 381 g/mol. The highest BCUT2D eigenvalue weighted by Crippen LogP contribution is 2.45. The van der Waals surface area contributed by atoms with Crippen LogP contribution in [0, 0.1) is 17.8 Å². The molecule has 0 unspecified atom stereocenters. The first-order chi connectivity index (χ1) is 13.7. The number of carbonyl (C=O) groups is 2. The van der Waals surface area contributed by atoms with Crippen molar-refractivity contribution in [2.45, 2.75) is 25.7 Å². The molecular formula is C23H31N3O2. The maximum absolute atomic E-state index is 12.6. The average molecular weight is 382 g/mol. The molecule has 28 heavy (non-hydrogen) atoms. The van der Waals surface area contributed by atoms with Gasteiger partial charge in [-0.05, 0) is 62.2 Å². The lowest BCUT2D eigenvalue weighted by Gasteiger charge is -2.50. The van der Waals surface area contributed by atoms with Gasteiger partial charge in [-0.15, -0.1) is 0 Å². The number of fused-ring (bicyclic) bond motifs is 1. The maximum atomic E-state index is 12.6. The van der Waals surface area contributed by atoms with Gasteiger partial charge in [0, 0.05) is 38.2 Å². The molecule has 2 amide bonds. The van der Waals surface area contributed by atoms with Gasteiger partial charge in [-0.1, -0.05) is 30.3 Å². The van der Waals surface area contributed by atoms with Crippen molar-refractivity contribution in [3.05, 3.63) is 42.0 Å². The SMILES string of the molecule is O=C(NCCN1CCCC1)[C@@H]1C[C@H]2CCN(C(=O)C=Cc3ccccc3)C[C@H]21. The second-order valence-corrected chi connectivity index (χ2v) is 8.42. The van der Waals surface area contributed by atoms with E-state index in [-0.39, 0.29) is 17.7 Å². The van der Waals surface area contributed by atoms with Gasteiger partial charge in [0.25, 0.3) is 0 Å². The van der Waals surface area contributed by atoms with Crippen LogP contribution in [-0.4, -0.2) is 60.9 Å². The Morgan fingerprint density at radius 1 is 1.11 bits per heavy atom. The zero-order valence-corrected chi connectivity index (χ0v) is 16.6. The molecule has 3 aliphatic rings. The van der Waals surface area contributed by atoms with Crippen LogP contribution >= 0.6 is 0 Å². The lowest BCUT2D eigenvalue weighted by Crippen LogP contribution is -2.56. The van der Waals surface area contributed by atoms with Crippen LogP contribution in [0.15, 0.2) is 36.4 Å². The minimum atomic E-state index is 0.0578. The van der Waals surface area contributed by atoms with Gasteiger partial charge in [-0.3, -0.25) is 9.59 Å². The number of nitrogens with zero attached hydrogens (tertiary/aromatic N) is 2. The standard InChI is InChI=1S/C23H31N3O2/c27-22(9-8-18-6-2-1-3-7-18)26-14-10-19-16-20(21(19)17-26)23(28)24-11-15-25-12-4-5-13-25/h1-3,6-9,19-21H,4-5,10-17H2,(H,24,28)/t19-,20-,21-/m1/s1. The number of nitrogens with one attached hydrogen (secondary N) is 1. The first-order valence-electron chi connectivity index (χ1n) is 10.7. The van der Waals surface area contributed by atoms with Gasteiger partial charge in [0.05, 0.1) is 0 Å². The van der Waals surface area contributed by atoms with Crippen LogP contribution < -0.4 is 5.32 Å². The number of hydrogen-bond acceptors (Lipinski definition) is 3. The summed E-state index contributed by atoms with van der Waals surface area (Å²) in [6, 6.07) is 9.89. The summed E-state index contributed by atoms with van der Waals surface area (Å²) in [7, 11) is 0. The van der Waals surface area contributed by atoms with Gasteiger partial charge in [-0.2, -0.15) is 0 Å². The van der Waals surface area contributed by atoms with Crippen molar-refractivity contribution in [2.75, 3.05) is 39.3 Å². The third-order valence-corrected chi connectivity index (χ3v) is 6.67. The van der Waals surface area contributed by atoms with E-state index in [9.17, 15) is 9.59 Å². The largest absolute Gasteiger partial charge is 0.355 e. The molecule has 1 aliphatic carbocycles. The molecule has 150 valence electrons. The summed E-state index contributed by atoms with van der Waals surface area (Å²) >= 11 is 0. The molecule has 5 nitrogen and oxygen atoms in total. The average Bonchev–Trinajstić information content (AvgIpc) is 3.21. The van der Waals surface area contributed by atoms with Crippen LogP contribution in [0.5, 0.6) is 0 Å². The van der Waals surface area contributed by atoms with E-state index in [1.807, 2.05) is 41.3 Å². The highest BCUT2D eigenvalue weighted by molar-refractivity contribution is 5.92. The van der Waals surface area contributed by atoms with E-state index in [1.165, 1.54) is 12.8 Å². The Kier molecular flexibility index (Phi) is 6.10. The molecule has 0 bridgehead atoms. The van der Waals surface area contributed by atoms with Gasteiger partial charge in [0.2, 0.25) is 11.8 Å². The van der Waals surface area contributed by atoms with Crippen LogP contribution in [0.2, 0.25) is 0 Å². The fourth-order valence-corrected chi connectivity index (χ4v) is 4.90. The number of benzene rings is 1. The van der Waals surface area contributed by atoms with Gasteiger partial charge in [-0.25, -0.2) is 0 Å². The van der Waals surface area contributed by atoms with Crippen LogP contribution in [0.3, 0.4) is 0 Å². The molecule has 3 fully saturated rings. The van der Waals surface area contributed by atoms with E-state index in [0.717, 1.165) is 51.1 Å². The molecule has 1 aromatic rings. The Morgan fingerprint density at radius 3 is 2.68 bits per heavy atom. The number of amides is 2. The number of piperidine rings is 1. The number of carbonyl (C=O) groups excluding carboxylic acids is 2.